The van der Waals surface area contributed by atoms with Gasteiger partial charge in [-0.2, -0.15) is 17.5 Å². The first-order valence-corrected chi connectivity index (χ1v) is 16.1. The van der Waals surface area contributed by atoms with E-state index in [0.29, 0.717) is 41.2 Å². The van der Waals surface area contributed by atoms with Crippen LogP contribution in [0.4, 0.5) is 30.2 Å². The number of halogens is 3. The van der Waals surface area contributed by atoms with Gasteiger partial charge < -0.3 is 29.6 Å². The van der Waals surface area contributed by atoms with E-state index in [1.807, 2.05) is 44.4 Å². The second-order valence-electron chi connectivity index (χ2n) is 11.1. The van der Waals surface area contributed by atoms with Gasteiger partial charge in [0.15, 0.2) is 0 Å². The van der Waals surface area contributed by atoms with E-state index in [9.17, 15) is 21.6 Å². The number of anilines is 3. The molecule has 1 aliphatic heterocycles. The third kappa shape index (κ3) is 7.94. The van der Waals surface area contributed by atoms with Gasteiger partial charge in [0.05, 0.1) is 48.7 Å². The lowest BCUT2D eigenvalue weighted by Crippen LogP contribution is -2.40. The summed E-state index contributed by atoms with van der Waals surface area (Å²) in [7, 11) is 1.69. The van der Waals surface area contributed by atoms with Crippen LogP contribution < -0.4 is 15.4 Å². The standard InChI is InChI=1S/C33H36F3N5O4S/c1-39(2)22-24-9-11-25(12-10-24)38-29-7-4-8-31-28(29)20-26(41(31)23-33(34,35)36)6-5-15-37-30-14-13-27(21-32(30)44-3)46(42,43)40-16-18-45-19-17-40/h4,7-14,20-21,37-38H,15-19,22-23H2,1-3H3. The van der Waals surface area contributed by atoms with Crippen LogP contribution in [0.2, 0.25) is 0 Å². The fourth-order valence-corrected chi connectivity index (χ4v) is 6.67. The second-order valence-corrected chi connectivity index (χ2v) is 13.0. The molecule has 9 nitrogen and oxygen atoms in total. The number of rotatable bonds is 10. The molecule has 0 atom stereocenters. The van der Waals surface area contributed by atoms with Crippen LogP contribution in [0.3, 0.4) is 0 Å². The smallest absolute Gasteiger partial charge is 0.406 e. The summed E-state index contributed by atoms with van der Waals surface area (Å²) in [6, 6.07) is 19.2. The quantitative estimate of drug-likeness (QED) is 0.218. The molecule has 3 aromatic carbocycles. The van der Waals surface area contributed by atoms with Gasteiger partial charge in [0, 0.05) is 42.5 Å². The van der Waals surface area contributed by atoms with Gasteiger partial charge in [0.1, 0.15) is 12.3 Å². The molecule has 1 aromatic heterocycles. The summed E-state index contributed by atoms with van der Waals surface area (Å²) in [5.41, 5.74) is 3.73. The molecule has 0 amide bonds. The Labute approximate surface area is 266 Å². The average molecular weight is 656 g/mol. The first-order chi connectivity index (χ1) is 21.9. The molecule has 1 aliphatic rings. The highest BCUT2D eigenvalue weighted by Crippen LogP contribution is 2.32. The van der Waals surface area contributed by atoms with Crippen molar-refractivity contribution in [3.63, 3.8) is 0 Å². The number of morpholine rings is 1. The van der Waals surface area contributed by atoms with Crippen molar-refractivity contribution in [2.75, 3.05) is 64.7 Å². The van der Waals surface area contributed by atoms with E-state index in [4.69, 9.17) is 9.47 Å². The van der Waals surface area contributed by atoms with Crippen LogP contribution in [0.25, 0.3) is 10.9 Å². The maximum absolute atomic E-state index is 13.7. The zero-order chi connectivity index (χ0) is 32.9. The van der Waals surface area contributed by atoms with Crippen LogP contribution in [0, 0.1) is 11.8 Å². The Morgan fingerprint density at radius 2 is 1.74 bits per heavy atom. The molecule has 5 rings (SSSR count). The Kier molecular flexibility index (Phi) is 10.1. The van der Waals surface area contributed by atoms with Crippen LogP contribution >= 0.6 is 0 Å². The molecule has 13 heteroatoms. The Morgan fingerprint density at radius 3 is 2.41 bits per heavy atom. The van der Waals surface area contributed by atoms with Gasteiger partial charge in [-0.05, 0) is 68.0 Å². The first-order valence-electron chi connectivity index (χ1n) is 14.6. The minimum absolute atomic E-state index is 0.0733. The molecule has 0 spiro atoms. The fourth-order valence-electron chi connectivity index (χ4n) is 5.25. The van der Waals surface area contributed by atoms with Gasteiger partial charge in [0.2, 0.25) is 10.0 Å². The topological polar surface area (TPSA) is 88.1 Å². The Bertz CT molecular complexity index is 1840. The van der Waals surface area contributed by atoms with Gasteiger partial charge in [0.25, 0.3) is 0 Å². The van der Waals surface area contributed by atoms with Crippen LogP contribution in [-0.2, 0) is 27.8 Å². The number of methoxy groups -OCH3 is 1. The van der Waals surface area contributed by atoms with Crippen molar-refractivity contribution in [2.24, 2.45) is 0 Å². The van der Waals surface area contributed by atoms with E-state index in [0.717, 1.165) is 17.8 Å². The highest BCUT2D eigenvalue weighted by molar-refractivity contribution is 7.89. The summed E-state index contributed by atoms with van der Waals surface area (Å²) in [5.74, 6) is 6.10. The van der Waals surface area contributed by atoms with Crippen LogP contribution in [-0.4, -0.2) is 82.4 Å². The summed E-state index contributed by atoms with van der Waals surface area (Å²) in [6.45, 7) is 0.883. The lowest BCUT2D eigenvalue weighted by molar-refractivity contribution is -0.140. The molecule has 1 fully saturated rings. The lowest BCUT2D eigenvalue weighted by Gasteiger charge is -2.26. The normalized spacial score (nSPS) is 14.2. The SMILES string of the molecule is COc1cc(S(=O)(=O)N2CCOCC2)ccc1NCC#Cc1cc2c(Nc3ccc(CN(C)C)cc3)cccc2n1CC(F)(F)F. The second kappa shape index (κ2) is 14.0. The van der Waals surface area contributed by atoms with Gasteiger partial charge in [-0.1, -0.05) is 24.1 Å². The Morgan fingerprint density at radius 1 is 1.00 bits per heavy atom. The minimum Gasteiger partial charge on any atom is -0.495 e. The lowest BCUT2D eigenvalue weighted by atomic mass is 10.1. The number of aromatic nitrogens is 1. The number of alkyl halides is 3. The summed E-state index contributed by atoms with van der Waals surface area (Å²) in [4.78, 5) is 2.16. The van der Waals surface area contributed by atoms with Gasteiger partial charge in [-0.3, -0.25) is 0 Å². The van der Waals surface area contributed by atoms with Crippen molar-refractivity contribution in [3.05, 3.63) is 78.0 Å². The van der Waals surface area contributed by atoms with Crippen molar-refractivity contribution in [3.8, 4) is 17.6 Å². The molecule has 46 heavy (non-hydrogen) atoms. The van der Waals surface area contributed by atoms with Crippen molar-refractivity contribution in [2.45, 2.75) is 24.2 Å². The number of hydrogen-bond acceptors (Lipinski definition) is 7. The maximum atomic E-state index is 13.7. The van der Waals surface area contributed by atoms with Gasteiger partial charge in [-0.15, -0.1) is 0 Å². The monoisotopic (exact) mass is 655 g/mol. The molecule has 0 radical (unpaired) electrons. The molecule has 1 saturated heterocycles. The number of sulfonamides is 1. The van der Waals surface area contributed by atoms with E-state index < -0.39 is 22.7 Å². The molecule has 2 N–H and O–H groups in total. The summed E-state index contributed by atoms with van der Waals surface area (Å²) in [5, 5.41) is 7.03. The average Bonchev–Trinajstić information content (AvgIpc) is 3.36. The van der Waals surface area contributed by atoms with Crippen molar-refractivity contribution in [1.82, 2.24) is 13.8 Å². The number of fused-ring (bicyclic) bond motifs is 1. The molecular formula is C33H36F3N5O4S. The molecule has 2 heterocycles. The third-order valence-electron chi connectivity index (χ3n) is 7.38. The number of nitrogens with one attached hydrogen (secondary N) is 2. The van der Waals surface area contributed by atoms with Crippen molar-refractivity contribution in [1.29, 1.82) is 0 Å². The van der Waals surface area contributed by atoms with Crippen LogP contribution in [0.5, 0.6) is 5.75 Å². The minimum atomic E-state index is -4.46. The Hall–Kier alpha value is -4.22. The molecule has 0 unspecified atom stereocenters. The molecular weight excluding hydrogens is 619 g/mol. The molecule has 0 aliphatic carbocycles. The maximum Gasteiger partial charge on any atom is 0.406 e. The van der Waals surface area contributed by atoms with E-state index in [1.165, 1.54) is 28.1 Å². The number of hydrogen-bond donors (Lipinski definition) is 2. The van der Waals surface area contributed by atoms with E-state index >= 15 is 0 Å². The highest BCUT2D eigenvalue weighted by atomic mass is 32.2. The molecule has 244 valence electrons. The van der Waals surface area contributed by atoms with Crippen molar-refractivity contribution >= 4 is 38.0 Å². The first kappa shape index (κ1) is 33.2. The molecule has 4 aromatic rings. The van der Waals surface area contributed by atoms with Crippen LogP contribution in [0.1, 0.15) is 11.3 Å². The van der Waals surface area contributed by atoms with Crippen LogP contribution in [0.15, 0.2) is 71.6 Å². The zero-order valence-corrected chi connectivity index (χ0v) is 26.6. The zero-order valence-electron chi connectivity index (χ0n) is 25.8. The fraction of sp³-hybridized carbons (Fsp3) is 0.333. The molecule has 0 saturated carbocycles. The van der Waals surface area contributed by atoms with Crippen molar-refractivity contribution < 1.29 is 31.1 Å². The summed E-state index contributed by atoms with van der Waals surface area (Å²) in [6.07, 6.45) is -4.46. The van der Waals surface area contributed by atoms with E-state index in [-0.39, 0.29) is 30.2 Å². The van der Waals surface area contributed by atoms with E-state index in [2.05, 4.69) is 27.4 Å². The highest BCUT2D eigenvalue weighted by Gasteiger charge is 2.30. The molecule has 0 bridgehead atoms. The summed E-state index contributed by atoms with van der Waals surface area (Å²) >= 11 is 0. The Balaban J connectivity index is 1.37. The number of nitrogens with zero attached hydrogens (tertiary/aromatic N) is 3. The predicted octanol–water partition coefficient (Wildman–Crippen LogP) is 5.50. The largest absolute Gasteiger partial charge is 0.495 e. The number of benzene rings is 3. The van der Waals surface area contributed by atoms with Gasteiger partial charge in [-0.25, -0.2) is 8.42 Å². The van der Waals surface area contributed by atoms with E-state index in [1.54, 1.807) is 24.3 Å². The predicted molar refractivity (Wildman–Crippen MR) is 173 cm³/mol. The number of ether oxygens (including phenoxy) is 2. The third-order valence-corrected chi connectivity index (χ3v) is 9.27. The summed E-state index contributed by atoms with van der Waals surface area (Å²) < 4.78 is 80.3. The van der Waals surface area contributed by atoms with Gasteiger partial charge >= 0.3 is 6.18 Å².